The molecule has 0 spiro atoms. The number of carbonyl (C=O) groups excluding carboxylic acids is 2. The fourth-order valence-corrected chi connectivity index (χ4v) is 4.73. The molecule has 0 saturated heterocycles. The van der Waals surface area contributed by atoms with Gasteiger partial charge in [0.05, 0.1) is 22.8 Å². The van der Waals surface area contributed by atoms with Gasteiger partial charge in [0.1, 0.15) is 4.38 Å². The van der Waals surface area contributed by atoms with Crippen molar-refractivity contribution in [3.8, 4) is 0 Å². The second-order valence-corrected chi connectivity index (χ2v) is 8.84. The summed E-state index contributed by atoms with van der Waals surface area (Å²) in [6, 6.07) is 11.9. The monoisotopic (exact) mass is 454 g/mol. The van der Waals surface area contributed by atoms with Crippen molar-refractivity contribution in [1.29, 1.82) is 0 Å². The maximum Gasteiger partial charge on any atom is 0.338 e. The lowest BCUT2D eigenvalue weighted by atomic mass is 10.1. The van der Waals surface area contributed by atoms with Crippen molar-refractivity contribution in [2.24, 2.45) is 4.99 Å². The number of ether oxygens (including phenoxy) is 1. The van der Waals surface area contributed by atoms with Crippen LogP contribution in [0.1, 0.15) is 15.9 Å². The summed E-state index contributed by atoms with van der Waals surface area (Å²) in [6.45, 7) is 0.411. The number of nitrogens with one attached hydrogen (secondary N) is 1. The predicted molar refractivity (Wildman–Crippen MR) is 118 cm³/mol. The molecular weight excluding hydrogens is 439 g/mol. The minimum absolute atomic E-state index is 0.346. The molecule has 0 saturated carbocycles. The summed E-state index contributed by atoms with van der Waals surface area (Å²) in [5, 5.41) is 3.36. The van der Waals surface area contributed by atoms with Crippen LogP contribution in [0.15, 0.2) is 47.5 Å². The van der Waals surface area contributed by atoms with Crippen molar-refractivity contribution in [2.45, 2.75) is 5.75 Å². The number of hydrogen-bond acceptors (Lipinski definition) is 6. The Balaban J connectivity index is 1.57. The molecule has 0 bridgehead atoms. The van der Waals surface area contributed by atoms with Crippen molar-refractivity contribution in [3.63, 3.8) is 0 Å². The van der Waals surface area contributed by atoms with Crippen LogP contribution in [0.5, 0.6) is 0 Å². The smallest absolute Gasteiger partial charge is 0.338 e. The Kier molecular flexibility index (Phi) is 7.67. The van der Waals surface area contributed by atoms with Crippen LogP contribution in [0.2, 0.25) is 10.0 Å². The SMILES string of the molecule is O=C(COC(=O)c1ccccc1CSC1=NCCS1)Nc1cc(Cl)ccc1Cl. The third kappa shape index (κ3) is 5.91. The molecule has 1 aliphatic heterocycles. The highest BCUT2D eigenvalue weighted by molar-refractivity contribution is 8.38. The molecule has 0 aromatic heterocycles. The van der Waals surface area contributed by atoms with E-state index in [1.54, 1.807) is 47.8 Å². The quantitative estimate of drug-likeness (QED) is 0.612. The van der Waals surface area contributed by atoms with E-state index in [1.807, 2.05) is 12.1 Å². The summed E-state index contributed by atoms with van der Waals surface area (Å²) in [4.78, 5) is 28.9. The summed E-state index contributed by atoms with van der Waals surface area (Å²) in [6.07, 6.45) is 0. The van der Waals surface area contributed by atoms with Gasteiger partial charge in [-0.15, -0.1) is 0 Å². The van der Waals surface area contributed by atoms with Crippen molar-refractivity contribution in [1.82, 2.24) is 0 Å². The largest absolute Gasteiger partial charge is 0.452 e. The molecular formula is C19H16Cl2N2O3S2. The van der Waals surface area contributed by atoms with E-state index in [0.29, 0.717) is 27.0 Å². The van der Waals surface area contributed by atoms with Gasteiger partial charge < -0.3 is 10.1 Å². The maximum absolute atomic E-state index is 12.4. The van der Waals surface area contributed by atoms with Gasteiger partial charge in [-0.1, -0.05) is 64.9 Å². The molecule has 1 amide bonds. The number of hydrogen-bond donors (Lipinski definition) is 1. The van der Waals surface area contributed by atoms with E-state index < -0.39 is 18.5 Å². The molecule has 0 aliphatic carbocycles. The van der Waals surface area contributed by atoms with E-state index in [9.17, 15) is 9.59 Å². The summed E-state index contributed by atoms with van der Waals surface area (Å²) in [5.41, 5.74) is 1.64. The number of esters is 1. The van der Waals surface area contributed by atoms with Gasteiger partial charge in [0.2, 0.25) is 0 Å². The van der Waals surface area contributed by atoms with Gasteiger partial charge >= 0.3 is 5.97 Å². The van der Waals surface area contributed by atoms with E-state index in [2.05, 4.69) is 10.3 Å². The third-order valence-corrected chi connectivity index (χ3v) is 6.55. The fourth-order valence-electron chi connectivity index (χ4n) is 2.38. The first-order valence-corrected chi connectivity index (χ1v) is 11.1. The summed E-state index contributed by atoms with van der Waals surface area (Å²) in [5.74, 6) is 0.560. The number of benzene rings is 2. The average Bonchev–Trinajstić information content (AvgIpc) is 3.21. The van der Waals surface area contributed by atoms with Gasteiger partial charge in [0, 0.05) is 16.5 Å². The third-order valence-electron chi connectivity index (χ3n) is 3.68. The Hall–Kier alpha value is -1.67. The number of aliphatic imine (C=N–C) groups is 1. The van der Waals surface area contributed by atoms with Crippen LogP contribution >= 0.6 is 46.7 Å². The van der Waals surface area contributed by atoms with Gasteiger partial charge in [0.15, 0.2) is 6.61 Å². The molecule has 9 heteroatoms. The zero-order valence-electron chi connectivity index (χ0n) is 14.6. The highest BCUT2D eigenvalue weighted by atomic mass is 35.5. The first-order chi connectivity index (χ1) is 13.5. The molecule has 0 unspecified atom stereocenters. The first-order valence-electron chi connectivity index (χ1n) is 8.33. The molecule has 0 radical (unpaired) electrons. The lowest BCUT2D eigenvalue weighted by Gasteiger charge is -2.10. The zero-order valence-corrected chi connectivity index (χ0v) is 17.8. The van der Waals surface area contributed by atoms with Gasteiger partial charge in [-0.2, -0.15) is 0 Å². The number of amides is 1. The zero-order chi connectivity index (χ0) is 19.9. The van der Waals surface area contributed by atoms with Crippen LogP contribution in [0.3, 0.4) is 0 Å². The molecule has 0 fully saturated rings. The highest BCUT2D eigenvalue weighted by Gasteiger charge is 2.16. The second-order valence-electron chi connectivity index (χ2n) is 5.69. The Morgan fingerprint density at radius 3 is 2.82 bits per heavy atom. The van der Waals surface area contributed by atoms with Gasteiger partial charge in [-0.25, -0.2) is 4.79 Å². The Bertz CT molecular complexity index is 922. The lowest BCUT2D eigenvalue weighted by Crippen LogP contribution is -2.21. The van der Waals surface area contributed by atoms with Crippen LogP contribution in [-0.4, -0.2) is 35.2 Å². The van der Waals surface area contributed by atoms with Crippen LogP contribution in [0.4, 0.5) is 5.69 Å². The van der Waals surface area contributed by atoms with E-state index in [0.717, 1.165) is 22.2 Å². The highest BCUT2D eigenvalue weighted by Crippen LogP contribution is 2.27. The fraction of sp³-hybridized carbons (Fsp3) is 0.211. The number of anilines is 1. The minimum atomic E-state index is -0.551. The summed E-state index contributed by atoms with van der Waals surface area (Å²) >= 11 is 15.2. The second kappa shape index (κ2) is 10.2. The maximum atomic E-state index is 12.4. The number of halogens is 2. The van der Waals surface area contributed by atoms with Crippen LogP contribution < -0.4 is 5.32 Å². The predicted octanol–water partition coefficient (Wildman–Crippen LogP) is 5.12. The van der Waals surface area contributed by atoms with Crippen molar-refractivity contribution >= 4 is 68.7 Å². The number of nitrogens with zero attached hydrogens (tertiary/aromatic N) is 1. The van der Waals surface area contributed by atoms with Crippen molar-refractivity contribution in [2.75, 3.05) is 24.2 Å². The molecule has 0 atom stereocenters. The van der Waals surface area contributed by atoms with Crippen molar-refractivity contribution < 1.29 is 14.3 Å². The summed E-state index contributed by atoms with van der Waals surface area (Å²) in [7, 11) is 0. The van der Waals surface area contributed by atoms with Gasteiger partial charge in [-0.3, -0.25) is 9.79 Å². The molecule has 28 heavy (non-hydrogen) atoms. The van der Waals surface area contributed by atoms with Crippen LogP contribution in [-0.2, 0) is 15.3 Å². The van der Waals surface area contributed by atoms with E-state index >= 15 is 0 Å². The molecule has 1 N–H and O–H groups in total. The van der Waals surface area contributed by atoms with Gasteiger partial charge in [-0.05, 0) is 29.8 Å². The van der Waals surface area contributed by atoms with E-state index in [4.69, 9.17) is 27.9 Å². The topological polar surface area (TPSA) is 67.8 Å². The number of rotatable bonds is 6. The molecule has 1 heterocycles. The van der Waals surface area contributed by atoms with E-state index in [-0.39, 0.29) is 0 Å². The molecule has 2 aromatic carbocycles. The van der Waals surface area contributed by atoms with Gasteiger partial charge in [0.25, 0.3) is 5.91 Å². The van der Waals surface area contributed by atoms with Crippen LogP contribution in [0, 0.1) is 0 Å². The Labute approximate surface area is 181 Å². The average molecular weight is 455 g/mol. The Morgan fingerprint density at radius 2 is 2.04 bits per heavy atom. The minimum Gasteiger partial charge on any atom is -0.452 e. The molecule has 3 rings (SSSR count). The van der Waals surface area contributed by atoms with E-state index in [1.165, 1.54) is 6.07 Å². The Morgan fingerprint density at radius 1 is 1.21 bits per heavy atom. The first kappa shape index (κ1) is 21.0. The molecule has 5 nitrogen and oxygen atoms in total. The normalized spacial score (nSPS) is 13.1. The summed E-state index contributed by atoms with van der Waals surface area (Å²) < 4.78 is 6.20. The lowest BCUT2D eigenvalue weighted by molar-refractivity contribution is -0.119. The van der Waals surface area contributed by atoms with Crippen LogP contribution in [0.25, 0.3) is 0 Å². The standard InChI is InChI=1S/C19H16Cl2N2O3S2/c20-13-5-6-15(21)16(9-13)23-17(24)10-26-18(25)14-4-2-1-3-12(14)11-28-19-22-7-8-27-19/h1-6,9H,7-8,10-11H2,(H,23,24). The molecule has 2 aromatic rings. The molecule has 146 valence electrons. The number of carbonyl (C=O) groups is 2. The van der Waals surface area contributed by atoms with Crippen molar-refractivity contribution in [3.05, 3.63) is 63.6 Å². The number of thioether (sulfide) groups is 2. The molecule has 1 aliphatic rings.